The lowest BCUT2D eigenvalue weighted by Gasteiger charge is -2.07. The summed E-state index contributed by atoms with van der Waals surface area (Å²) >= 11 is 0. The Balaban J connectivity index is 1.76. The van der Waals surface area contributed by atoms with Crippen LogP contribution < -0.4 is 16.2 Å². The molecule has 3 rings (SSSR count). The average Bonchev–Trinajstić information content (AvgIpc) is 2.85. The third-order valence-electron chi connectivity index (χ3n) is 4.12. The molecule has 1 aromatic heterocycles. The Morgan fingerprint density at radius 3 is 2.38 bits per heavy atom. The van der Waals surface area contributed by atoms with Gasteiger partial charge < -0.3 is 10.6 Å². The van der Waals surface area contributed by atoms with Gasteiger partial charge in [0.15, 0.2) is 0 Å². The number of benzene rings is 2. The van der Waals surface area contributed by atoms with E-state index < -0.39 is 0 Å². The van der Waals surface area contributed by atoms with Crippen molar-refractivity contribution in [3.05, 3.63) is 76.5 Å². The van der Waals surface area contributed by atoms with E-state index in [4.69, 9.17) is 0 Å². The number of amides is 1. The van der Waals surface area contributed by atoms with Gasteiger partial charge in [0, 0.05) is 12.7 Å². The zero-order chi connectivity index (χ0) is 18.7. The number of carbonyl (C=O) groups excluding carboxylic acids is 1. The van der Waals surface area contributed by atoms with Crippen LogP contribution in [0.25, 0.3) is 5.69 Å². The minimum atomic E-state index is -0.361. The number of hydrogen-bond acceptors (Lipinski definition) is 3. The van der Waals surface area contributed by atoms with E-state index in [1.54, 1.807) is 30.8 Å². The molecular formula is C19H19FN4O2. The number of para-hydroxylation sites is 1. The van der Waals surface area contributed by atoms with E-state index in [1.165, 1.54) is 16.8 Å². The van der Waals surface area contributed by atoms with Crippen LogP contribution in [0.1, 0.15) is 5.69 Å². The highest BCUT2D eigenvalue weighted by molar-refractivity contribution is 5.94. The third-order valence-corrected chi connectivity index (χ3v) is 4.12. The molecule has 0 fully saturated rings. The average molecular weight is 354 g/mol. The normalized spacial score (nSPS) is 10.6. The number of halogens is 1. The van der Waals surface area contributed by atoms with Crippen molar-refractivity contribution < 1.29 is 9.18 Å². The number of anilines is 2. The number of rotatable bonds is 5. The van der Waals surface area contributed by atoms with Gasteiger partial charge in [0.25, 0.3) is 5.56 Å². The lowest BCUT2D eigenvalue weighted by Crippen LogP contribution is -2.26. The molecule has 1 heterocycles. The fourth-order valence-electron chi connectivity index (χ4n) is 2.65. The molecular weight excluding hydrogens is 335 g/mol. The van der Waals surface area contributed by atoms with Crippen LogP contribution in [0.15, 0.2) is 59.4 Å². The number of nitrogens with zero attached hydrogens (tertiary/aromatic N) is 2. The van der Waals surface area contributed by atoms with Gasteiger partial charge in [-0.3, -0.25) is 14.3 Å². The monoisotopic (exact) mass is 354 g/mol. The van der Waals surface area contributed by atoms with Crippen molar-refractivity contribution >= 4 is 17.3 Å². The molecule has 0 atom stereocenters. The summed E-state index contributed by atoms with van der Waals surface area (Å²) < 4.78 is 16.1. The Kier molecular flexibility index (Phi) is 4.88. The maximum atomic E-state index is 12.9. The van der Waals surface area contributed by atoms with Crippen molar-refractivity contribution in [2.24, 2.45) is 7.05 Å². The summed E-state index contributed by atoms with van der Waals surface area (Å²) in [5, 5.41) is 5.55. The van der Waals surface area contributed by atoms with Crippen LogP contribution in [0.5, 0.6) is 0 Å². The summed E-state index contributed by atoms with van der Waals surface area (Å²) in [5.74, 6) is -0.707. The number of aromatic nitrogens is 2. The zero-order valence-corrected chi connectivity index (χ0v) is 14.5. The van der Waals surface area contributed by atoms with Crippen molar-refractivity contribution in [2.75, 3.05) is 17.2 Å². The molecule has 0 saturated carbocycles. The first-order valence-electron chi connectivity index (χ1n) is 8.10. The second-order valence-electron chi connectivity index (χ2n) is 5.85. The van der Waals surface area contributed by atoms with E-state index in [9.17, 15) is 14.0 Å². The van der Waals surface area contributed by atoms with E-state index in [-0.39, 0.29) is 29.5 Å². The Morgan fingerprint density at radius 2 is 1.73 bits per heavy atom. The van der Waals surface area contributed by atoms with Gasteiger partial charge in [-0.15, -0.1) is 0 Å². The quantitative estimate of drug-likeness (QED) is 0.740. The van der Waals surface area contributed by atoms with Gasteiger partial charge in [-0.2, -0.15) is 0 Å². The van der Waals surface area contributed by atoms with Crippen LogP contribution in [0.2, 0.25) is 0 Å². The lowest BCUT2D eigenvalue weighted by molar-refractivity contribution is -0.114. The summed E-state index contributed by atoms with van der Waals surface area (Å²) in [6.45, 7) is 1.73. The molecule has 0 radical (unpaired) electrons. The minimum Gasteiger partial charge on any atom is -0.376 e. The van der Waals surface area contributed by atoms with Gasteiger partial charge in [0.05, 0.1) is 17.9 Å². The van der Waals surface area contributed by atoms with E-state index in [0.717, 1.165) is 0 Å². The SMILES string of the molecule is Cc1c(NC(=O)CNc2ccc(F)cc2)c(=O)n(-c2ccccc2)n1C. The molecule has 26 heavy (non-hydrogen) atoms. The predicted molar refractivity (Wildman–Crippen MR) is 99.3 cm³/mol. The summed E-state index contributed by atoms with van der Waals surface area (Å²) in [6.07, 6.45) is 0. The Bertz CT molecular complexity index is 975. The standard InChI is InChI=1S/C19H19FN4O2/c1-13-18(19(26)24(23(13)2)16-6-4-3-5-7-16)22-17(25)12-21-15-10-8-14(20)9-11-15/h3-11,21H,12H2,1-2H3,(H,22,25). The Hall–Kier alpha value is -3.35. The maximum Gasteiger partial charge on any atom is 0.295 e. The zero-order valence-electron chi connectivity index (χ0n) is 14.5. The van der Waals surface area contributed by atoms with Crippen LogP contribution in [0.4, 0.5) is 15.8 Å². The molecule has 6 nitrogen and oxygen atoms in total. The molecule has 0 spiro atoms. The van der Waals surface area contributed by atoms with Crippen molar-refractivity contribution in [1.29, 1.82) is 0 Å². The third kappa shape index (κ3) is 3.51. The molecule has 134 valence electrons. The molecule has 0 aliphatic heterocycles. The van der Waals surface area contributed by atoms with Crippen molar-refractivity contribution in [3.63, 3.8) is 0 Å². The van der Waals surface area contributed by atoms with E-state index >= 15 is 0 Å². The van der Waals surface area contributed by atoms with Gasteiger partial charge in [-0.1, -0.05) is 18.2 Å². The van der Waals surface area contributed by atoms with Crippen LogP contribution >= 0.6 is 0 Å². The Morgan fingerprint density at radius 1 is 1.08 bits per heavy atom. The molecule has 2 N–H and O–H groups in total. The molecule has 0 saturated heterocycles. The van der Waals surface area contributed by atoms with Crippen LogP contribution in [-0.2, 0) is 11.8 Å². The second kappa shape index (κ2) is 7.26. The molecule has 7 heteroatoms. The van der Waals surface area contributed by atoms with E-state index in [0.29, 0.717) is 17.1 Å². The summed E-state index contributed by atoms with van der Waals surface area (Å²) in [5.41, 5.74) is 1.92. The molecule has 0 unspecified atom stereocenters. The van der Waals surface area contributed by atoms with Crippen LogP contribution in [0.3, 0.4) is 0 Å². The number of nitrogens with one attached hydrogen (secondary N) is 2. The maximum absolute atomic E-state index is 12.9. The van der Waals surface area contributed by atoms with Gasteiger partial charge in [0.2, 0.25) is 5.91 Å². The van der Waals surface area contributed by atoms with E-state index in [1.807, 2.05) is 30.3 Å². The first-order valence-corrected chi connectivity index (χ1v) is 8.10. The van der Waals surface area contributed by atoms with E-state index in [2.05, 4.69) is 10.6 Å². The molecule has 0 bridgehead atoms. The summed E-state index contributed by atoms with van der Waals surface area (Å²) in [4.78, 5) is 24.9. The molecule has 2 aromatic carbocycles. The lowest BCUT2D eigenvalue weighted by atomic mass is 10.3. The first-order chi connectivity index (χ1) is 12.5. The van der Waals surface area contributed by atoms with Gasteiger partial charge >= 0.3 is 0 Å². The van der Waals surface area contributed by atoms with Crippen LogP contribution in [-0.4, -0.2) is 21.8 Å². The van der Waals surface area contributed by atoms with Gasteiger partial charge in [-0.25, -0.2) is 9.07 Å². The fourth-order valence-corrected chi connectivity index (χ4v) is 2.65. The Labute approximate surface area is 149 Å². The second-order valence-corrected chi connectivity index (χ2v) is 5.85. The molecule has 1 amide bonds. The minimum absolute atomic E-state index is 0.0370. The van der Waals surface area contributed by atoms with Gasteiger partial charge in [0.1, 0.15) is 11.5 Å². The topological polar surface area (TPSA) is 68.1 Å². The largest absolute Gasteiger partial charge is 0.376 e. The first kappa shape index (κ1) is 17.5. The van der Waals surface area contributed by atoms with Crippen molar-refractivity contribution in [3.8, 4) is 5.69 Å². The van der Waals surface area contributed by atoms with Crippen molar-refractivity contribution in [2.45, 2.75) is 6.92 Å². The highest BCUT2D eigenvalue weighted by Gasteiger charge is 2.17. The van der Waals surface area contributed by atoms with Crippen molar-refractivity contribution in [1.82, 2.24) is 9.36 Å². The molecule has 0 aliphatic rings. The summed E-state index contributed by atoms with van der Waals surface area (Å²) in [7, 11) is 1.76. The molecule has 0 aliphatic carbocycles. The predicted octanol–water partition coefficient (Wildman–Crippen LogP) is 2.67. The molecule has 3 aromatic rings. The summed E-state index contributed by atoms with van der Waals surface area (Å²) in [6, 6.07) is 14.9. The fraction of sp³-hybridized carbons (Fsp3) is 0.158. The van der Waals surface area contributed by atoms with Crippen LogP contribution in [0, 0.1) is 12.7 Å². The smallest absolute Gasteiger partial charge is 0.295 e. The number of hydrogen-bond donors (Lipinski definition) is 2. The highest BCUT2D eigenvalue weighted by atomic mass is 19.1. The number of carbonyl (C=O) groups is 1. The highest BCUT2D eigenvalue weighted by Crippen LogP contribution is 2.14. The van der Waals surface area contributed by atoms with Gasteiger partial charge in [-0.05, 0) is 43.3 Å².